The van der Waals surface area contributed by atoms with Crippen LogP contribution in [0.2, 0.25) is 0 Å². The monoisotopic (exact) mass is 349 g/mol. The van der Waals surface area contributed by atoms with Gasteiger partial charge in [-0.2, -0.15) is 5.26 Å². The van der Waals surface area contributed by atoms with Crippen LogP contribution in [-0.4, -0.2) is 19.0 Å². The van der Waals surface area contributed by atoms with Gasteiger partial charge in [-0.15, -0.1) is 0 Å². The number of nitrogens with zero attached hydrogens (tertiary/aromatic N) is 1. The lowest BCUT2D eigenvalue weighted by molar-refractivity contribution is -0.135. The molecule has 0 amide bonds. The van der Waals surface area contributed by atoms with E-state index in [2.05, 4.69) is 4.74 Å². The van der Waals surface area contributed by atoms with Crippen molar-refractivity contribution in [3.8, 4) is 11.8 Å². The SMILES string of the molecule is COC(=O)/C(C#N)=C/c1cccc(OC(=O)c2c(C)cc(C)cc2C)c1. The second-order valence-corrected chi connectivity index (χ2v) is 5.90. The van der Waals surface area contributed by atoms with Crippen LogP contribution in [0.25, 0.3) is 6.08 Å². The Morgan fingerprint density at radius 3 is 2.31 bits per heavy atom. The summed E-state index contributed by atoms with van der Waals surface area (Å²) < 4.78 is 10.0. The lowest BCUT2D eigenvalue weighted by atomic mass is 10.00. The molecule has 0 aliphatic heterocycles. The molecule has 0 unspecified atom stereocenters. The number of hydrogen-bond acceptors (Lipinski definition) is 5. The second-order valence-electron chi connectivity index (χ2n) is 5.90. The first kappa shape index (κ1) is 18.9. The Labute approximate surface area is 152 Å². The van der Waals surface area contributed by atoms with E-state index in [1.54, 1.807) is 30.3 Å². The maximum atomic E-state index is 12.5. The summed E-state index contributed by atoms with van der Waals surface area (Å²) in [7, 11) is 1.21. The molecule has 0 radical (unpaired) electrons. The van der Waals surface area contributed by atoms with Crippen LogP contribution in [0, 0.1) is 32.1 Å². The molecular formula is C21H19NO4. The summed E-state index contributed by atoms with van der Waals surface area (Å²) >= 11 is 0. The highest BCUT2D eigenvalue weighted by atomic mass is 16.5. The number of hydrogen-bond donors (Lipinski definition) is 0. The van der Waals surface area contributed by atoms with E-state index in [0.717, 1.165) is 16.7 Å². The van der Waals surface area contributed by atoms with Gasteiger partial charge in [0.05, 0.1) is 12.7 Å². The second kappa shape index (κ2) is 8.13. The number of ether oxygens (including phenoxy) is 2. The van der Waals surface area contributed by atoms with E-state index >= 15 is 0 Å². The standard InChI is InChI=1S/C21H19NO4/c1-13-8-14(2)19(15(3)9-13)21(24)26-18-7-5-6-16(11-18)10-17(12-22)20(23)25-4/h5-11H,1-4H3/b17-10+. The van der Waals surface area contributed by atoms with Gasteiger partial charge in [-0.25, -0.2) is 9.59 Å². The van der Waals surface area contributed by atoms with Crippen LogP contribution in [0.3, 0.4) is 0 Å². The van der Waals surface area contributed by atoms with Crippen molar-refractivity contribution in [2.45, 2.75) is 20.8 Å². The van der Waals surface area contributed by atoms with Crippen molar-refractivity contribution in [1.29, 1.82) is 5.26 Å². The van der Waals surface area contributed by atoms with Gasteiger partial charge in [-0.3, -0.25) is 0 Å². The van der Waals surface area contributed by atoms with Gasteiger partial charge in [0.2, 0.25) is 0 Å². The molecule has 0 heterocycles. The van der Waals surface area contributed by atoms with Gasteiger partial charge >= 0.3 is 11.9 Å². The Morgan fingerprint density at radius 1 is 1.08 bits per heavy atom. The number of benzene rings is 2. The van der Waals surface area contributed by atoms with E-state index < -0.39 is 11.9 Å². The molecule has 0 aliphatic rings. The lowest BCUT2D eigenvalue weighted by Crippen LogP contribution is -2.12. The summed E-state index contributed by atoms with van der Waals surface area (Å²) in [5.41, 5.74) is 3.72. The first-order valence-electron chi connectivity index (χ1n) is 7.96. The van der Waals surface area contributed by atoms with E-state index in [1.807, 2.05) is 32.9 Å². The maximum absolute atomic E-state index is 12.5. The van der Waals surface area contributed by atoms with Crippen LogP contribution in [-0.2, 0) is 9.53 Å². The Kier molecular flexibility index (Phi) is 5.92. The smallest absolute Gasteiger partial charge is 0.348 e. The summed E-state index contributed by atoms with van der Waals surface area (Å²) in [6.07, 6.45) is 1.38. The molecule has 0 fully saturated rings. The van der Waals surface area contributed by atoms with E-state index in [0.29, 0.717) is 16.9 Å². The number of methoxy groups -OCH3 is 1. The zero-order valence-corrected chi connectivity index (χ0v) is 15.1. The molecule has 2 aromatic carbocycles. The number of nitriles is 1. The third-order valence-electron chi connectivity index (χ3n) is 3.79. The van der Waals surface area contributed by atoms with Crippen LogP contribution < -0.4 is 4.74 Å². The fraction of sp³-hybridized carbons (Fsp3) is 0.190. The number of aryl methyl sites for hydroxylation is 3. The van der Waals surface area contributed by atoms with Crippen molar-refractivity contribution >= 4 is 18.0 Å². The summed E-state index contributed by atoms with van der Waals surface area (Å²) in [5, 5.41) is 9.03. The highest BCUT2D eigenvalue weighted by Crippen LogP contribution is 2.21. The van der Waals surface area contributed by atoms with Crippen molar-refractivity contribution in [2.75, 3.05) is 7.11 Å². The Bertz CT molecular complexity index is 912. The molecule has 5 heteroatoms. The Balaban J connectivity index is 2.30. The predicted octanol–water partition coefficient (Wildman–Crippen LogP) is 3.91. The fourth-order valence-corrected chi connectivity index (χ4v) is 2.74. The quantitative estimate of drug-likeness (QED) is 0.362. The van der Waals surface area contributed by atoms with Gasteiger partial charge in [0.1, 0.15) is 17.4 Å². The molecule has 26 heavy (non-hydrogen) atoms. The molecule has 0 saturated carbocycles. The molecule has 0 aromatic heterocycles. The summed E-state index contributed by atoms with van der Waals surface area (Å²) in [5.74, 6) is -0.847. The molecule has 0 N–H and O–H groups in total. The molecule has 2 aromatic rings. The number of rotatable bonds is 4. The first-order chi connectivity index (χ1) is 12.3. The van der Waals surface area contributed by atoms with Gasteiger partial charge in [-0.1, -0.05) is 29.8 Å². The normalized spacial score (nSPS) is 10.8. The summed E-state index contributed by atoms with van der Waals surface area (Å²) in [6, 6.07) is 12.2. The molecule has 0 saturated heterocycles. The molecule has 0 spiro atoms. The van der Waals surface area contributed by atoms with Gasteiger partial charge in [0.15, 0.2) is 0 Å². The average molecular weight is 349 g/mol. The summed E-state index contributed by atoms with van der Waals surface area (Å²) in [4.78, 5) is 24.0. The predicted molar refractivity (Wildman–Crippen MR) is 97.7 cm³/mol. The van der Waals surface area contributed by atoms with Crippen molar-refractivity contribution in [3.63, 3.8) is 0 Å². The van der Waals surface area contributed by atoms with E-state index in [4.69, 9.17) is 10.00 Å². The van der Waals surface area contributed by atoms with Crippen LogP contribution >= 0.6 is 0 Å². The Morgan fingerprint density at radius 2 is 1.73 bits per heavy atom. The largest absolute Gasteiger partial charge is 0.465 e. The minimum atomic E-state index is -0.721. The van der Waals surface area contributed by atoms with Gasteiger partial charge in [0, 0.05) is 0 Å². The van der Waals surface area contributed by atoms with Crippen LogP contribution in [0.4, 0.5) is 0 Å². The zero-order chi connectivity index (χ0) is 19.3. The molecule has 0 aliphatic carbocycles. The van der Waals surface area contributed by atoms with Crippen molar-refractivity contribution in [3.05, 3.63) is 69.8 Å². The first-order valence-corrected chi connectivity index (χ1v) is 7.96. The van der Waals surface area contributed by atoms with Gasteiger partial charge < -0.3 is 9.47 Å². The third-order valence-corrected chi connectivity index (χ3v) is 3.79. The molecule has 0 atom stereocenters. The van der Waals surface area contributed by atoms with Crippen LogP contribution in [0.5, 0.6) is 5.75 Å². The topological polar surface area (TPSA) is 76.4 Å². The minimum absolute atomic E-state index is 0.138. The van der Waals surface area contributed by atoms with Gasteiger partial charge in [-0.05, 0) is 55.7 Å². The molecule has 0 bridgehead atoms. The fourth-order valence-electron chi connectivity index (χ4n) is 2.74. The van der Waals surface area contributed by atoms with Crippen molar-refractivity contribution in [2.24, 2.45) is 0 Å². The summed E-state index contributed by atoms with van der Waals surface area (Å²) in [6.45, 7) is 5.70. The maximum Gasteiger partial charge on any atom is 0.348 e. The van der Waals surface area contributed by atoms with E-state index in [1.165, 1.54) is 13.2 Å². The number of carbonyl (C=O) groups is 2. The zero-order valence-electron chi connectivity index (χ0n) is 15.1. The van der Waals surface area contributed by atoms with E-state index in [-0.39, 0.29) is 5.57 Å². The highest BCUT2D eigenvalue weighted by Gasteiger charge is 2.15. The van der Waals surface area contributed by atoms with Gasteiger partial charge in [0.25, 0.3) is 0 Å². The lowest BCUT2D eigenvalue weighted by Gasteiger charge is -2.11. The van der Waals surface area contributed by atoms with Crippen molar-refractivity contribution < 1.29 is 19.1 Å². The van der Waals surface area contributed by atoms with Crippen molar-refractivity contribution in [1.82, 2.24) is 0 Å². The molecule has 2 rings (SSSR count). The third kappa shape index (κ3) is 4.37. The number of esters is 2. The molecule has 5 nitrogen and oxygen atoms in total. The molecular weight excluding hydrogens is 330 g/mol. The number of carbonyl (C=O) groups excluding carboxylic acids is 2. The average Bonchev–Trinajstić information content (AvgIpc) is 2.58. The van der Waals surface area contributed by atoms with Crippen LogP contribution in [0.15, 0.2) is 42.0 Å². The molecule has 132 valence electrons. The van der Waals surface area contributed by atoms with Crippen LogP contribution in [0.1, 0.15) is 32.6 Å². The highest BCUT2D eigenvalue weighted by molar-refractivity contribution is 5.98. The van der Waals surface area contributed by atoms with E-state index in [9.17, 15) is 9.59 Å². The Hall–Kier alpha value is -3.39. The minimum Gasteiger partial charge on any atom is -0.465 e.